The minimum Gasteiger partial charge on any atom is -0.344 e. The van der Waals surface area contributed by atoms with Crippen LogP contribution in [0.25, 0.3) is 0 Å². The van der Waals surface area contributed by atoms with Crippen molar-refractivity contribution in [2.45, 2.75) is 58.5 Å². The maximum absolute atomic E-state index is 12.2. The number of amides is 3. The molecular formula is C16H28ClN3O3. The molecule has 2 aliphatic heterocycles. The van der Waals surface area contributed by atoms with Gasteiger partial charge in [-0.25, -0.2) is 0 Å². The van der Waals surface area contributed by atoms with Crippen LogP contribution < -0.4 is 10.6 Å². The summed E-state index contributed by atoms with van der Waals surface area (Å²) < 4.78 is 0. The summed E-state index contributed by atoms with van der Waals surface area (Å²) in [6, 6.07) is -0.840. The third kappa shape index (κ3) is 4.91. The number of halogens is 1. The highest BCUT2D eigenvalue weighted by Crippen LogP contribution is 2.23. The first-order valence-corrected chi connectivity index (χ1v) is 8.26. The second kappa shape index (κ2) is 8.64. The van der Waals surface area contributed by atoms with Crippen LogP contribution in [0, 0.1) is 11.8 Å². The van der Waals surface area contributed by atoms with E-state index in [1.165, 1.54) is 4.90 Å². The van der Waals surface area contributed by atoms with E-state index in [1.54, 1.807) is 13.8 Å². The van der Waals surface area contributed by atoms with Gasteiger partial charge in [0.05, 0.1) is 6.42 Å². The number of rotatable bonds is 5. The van der Waals surface area contributed by atoms with Crippen LogP contribution in [0.2, 0.25) is 0 Å². The predicted octanol–water partition coefficient (Wildman–Crippen LogP) is 1.09. The van der Waals surface area contributed by atoms with E-state index in [-0.39, 0.29) is 48.5 Å². The van der Waals surface area contributed by atoms with Crippen molar-refractivity contribution in [3.05, 3.63) is 0 Å². The largest absolute Gasteiger partial charge is 0.344 e. The molecule has 6 nitrogen and oxygen atoms in total. The first-order valence-electron chi connectivity index (χ1n) is 8.26. The number of hydrogen-bond acceptors (Lipinski definition) is 4. The van der Waals surface area contributed by atoms with E-state index in [0.717, 1.165) is 25.9 Å². The molecule has 0 aliphatic carbocycles. The standard InChI is InChI=1S/C16H27N3O3.ClH/c1-10(2)19-15(21)8-13(16(19)22)18-14(20)7-11(3)12-5-4-6-17-9-12;/h10-13,17H,4-9H2,1-3H3,(H,18,20);1H. The molecule has 0 radical (unpaired) electrons. The summed E-state index contributed by atoms with van der Waals surface area (Å²) in [6.07, 6.45) is 2.78. The second-order valence-corrected chi connectivity index (χ2v) is 6.81. The third-order valence-corrected chi connectivity index (χ3v) is 4.68. The van der Waals surface area contributed by atoms with Crippen molar-refractivity contribution in [3.8, 4) is 0 Å². The SMILES string of the molecule is CC(CC(=O)NC1CC(=O)N(C(C)C)C1=O)C1CCCNC1.Cl. The van der Waals surface area contributed by atoms with Gasteiger partial charge in [0, 0.05) is 12.5 Å². The molecule has 0 aromatic heterocycles. The van der Waals surface area contributed by atoms with Gasteiger partial charge in [-0.1, -0.05) is 6.92 Å². The molecule has 0 spiro atoms. The third-order valence-electron chi connectivity index (χ3n) is 4.68. The lowest BCUT2D eigenvalue weighted by Gasteiger charge is -2.28. The Morgan fingerprint density at radius 2 is 2.04 bits per heavy atom. The van der Waals surface area contributed by atoms with Crippen molar-refractivity contribution < 1.29 is 14.4 Å². The molecule has 2 saturated heterocycles. The van der Waals surface area contributed by atoms with Gasteiger partial charge in [0.2, 0.25) is 11.8 Å². The van der Waals surface area contributed by atoms with Gasteiger partial charge in [-0.05, 0) is 51.6 Å². The molecule has 132 valence electrons. The van der Waals surface area contributed by atoms with Gasteiger partial charge < -0.3 is 10.6 Å². The van der Waals surface area contributed by atoms with E-state index in [9.17, 15) is 14.4 Å². The molecule has 3 unspecified atom stereocenters. The lowest BCUT2D eigenvalue weighted by molar-refractivity contribution is -0.141. The summed E-state index contributed by atoms with van der Waals surface area (Å²) in [5.74, 6) is 0.179. The Kier molecular flexibility index (Phi) is 7.48. The van der Waals surface area contributed by atoms with Gasteiger partial charge >= 0.3 is 0 Å². The van der Waals surface area contributed by atoms with Gasteiger partial charge in [-0.15, -0.1) is 12.4 Å². The summed E-state index contributed by atoms with van der Waals surface area (Å²) in [4.78, 5) is 37.4. The minimum absolute atomic E-state index is 0. The highest BCUT2D eigenvalue weighted by Gasteiger charge is 2.40. The number of imide groups is 1. The Morgan fingerprint density at radius 1 is 1.35 bits per heavy atom. The van der Waals surface area contributed by atoms with Crippen molar-refractivity contribution >= 4 is 30.1 Å². The van der Waals surface area contributed by atoms with Gasteiger partial charge in [-0.2, -0.15) is 0 Å². The number of carbonyl (C=O) groups excluding carboxylic acids is 3. The number of nitrogens with zero attached hydrogens (tertiary/aromatic N) is 1. The summed E-state index contributed by atoms with van der Waals surface area (Å²) in [5, 5.41) is 6.10. The van der Waals surface area contributed by atoms with Crippen LogP contribution in [0.1, 0.15) is 46.5 Å². The van der Waals surface area contributed by atoms with Crippen LogP contribution in [0.15, 0.2) is 0 Å². The summed E-state index contributed by atoms with van der Waals surface area (Å²) in [7, 11) is 0. The average molecular weight is 346 g/mol. The molecule has 3 atom stereocenters. The number of nitrogens with one attached hydrogen (secondary N) is 2. The molecule has 0 aromatic rings. The molecule has 2 rings (SSSR count). The summed E-state index contributed by atoms with van der Waals surface area (Å²) >= 11 is 0. The van der Waals surface area contributed by atoms with E-state index < -0.39 is 6.04 Å². The molecular weight excluding hydrogens is 318 g/mol. The van der Waals surface area contributed by atoms with Crippen LogP contribution in [-0.2, 0) is 14.4 Å². The zero-order valence-electron chi connectivity index (χ0n) is 14.1. The maximum atomic E-state index is 12.2. The Bertz CT molecular complexity index is 450. The van der Waals surface area contributed by atoms with Crippen molar-refractivity contribution in [1.82, 2.24) is 15.5 Å². The molecule has 7 heteroatoms. The van der Waals surface area contributed by atoms with Gasteiger partial charge in [0.15, 0.2) is 0 Å². The Hall–Kier alpha value is -1.14. The molecule has 23 heavy (non-hydrogen) atoms. The Morgan fingerprint density at radius 3 is 2.57 bits per heavy atom. The summed E-state index contributed by atoms with van der Waals surface area (Å²) in [6.45, 7) is 7.70. The van der Waals surface area contributed by atoms with Crippen LogP contribution in [0.3, 0.4) is 0 Å². The van der Waals surface area contributed by atoms with Gasteiger partial charge in [0.1, 0.15) is 6.04 Å². The average Bonchev–Trinajstić information content (AvgIpc) is 2.74. The fourth-order valence-corrected chi connectivity index (χ4v) is 3.38. The number of carbonyl (C=O) groups is 3. The predicted molar refractivity (Wildman–Crippen MR) is 90.2 cm³/mol. The molecule has 0 saturated carbocycles. The summed E-state index contributed by atoms with van der Waals surface area (Å²) in [5.41, 5.74) is 0. The van der Waals surface area contributed by atoms with Gasteiger partial charge in [-0.3, -0.25) is 19.3 Å². The fraction of sp³-hybridized carbons (Fsp3) is 0.812. The number of piperidine rings is 1. The van der Waals surface area contributed by atoms with Crippen LogP contribution >= 0.6 is 12.4 Å². The molecule has 0 aromatic carbocycles. The van der Waals surface area contributed by atoms with Crippen molar-refractivity contribution in [1.29, 1.82) is 0 Å². The molecule has 2 heterocycles. The molecule has 3 amide bonds. The van der Waals surface area contributed by atoms with Crippen LogP contribution in [-0.4, -0.2) is 47.8 Å². The molecule has 0 bridgehead atoms. The second-order valence-electron chi connectivity index (χ2n) is 6.81. The fourth-order valence-electron chi connectivity index (χ4n) is 3.38. The van der Waals surface area contributed by atoms with Gasteiger partial charge in [0.25, 0.3) is 5.91 Å². The normalized spacial score (nSPS) is 26.2. The zero-order chi connectivity index (χ0) is 16.3. The van der Waals surface area contributed by atoms with Crippen LogP contribution in [0.5, 0.6) is 0 Å². The molecule has 2 N–H and O–H groups in total. The Labute approximate surface area is 144 Å². The van der Waals surface area contributed by atoms with E-state index in [2.05, 4.69) is 17.6 Å². The molecule has 2 aliphatic rings. The van der Waals surface area contributed by atoms with E-state index in [0.29, 0.717) is 12.3 Å². The minimum atomic E-state index is -0.681. The van der Waals surface area contributed by atoms with E-state index in [1.807, 2.05) is 0 Å². The number of hydrogen-bond donors (Lipinski definition) is 2. The first kappa shape index (κ1) is 19.9. The maximum Gasteiger partial charge on any atom is 0.252 e. The topological polar surface area (TPSA) is 78.5 Å². The molecule has 2 fully saturated rings. The van der Waals surface area contributed by atoms with E-state index in [4.69, 9.17) is 0 Å². The first-order chi connectivity index (χ1) is 10.4. The smallest absolute Gasteiger partial charge is 0.252 e. The monoisotopic (exact) mass is 345 g/mol. The quantitative estimate of drug-likeness (QED) is 0.731. The van der Waals surface area contributed by atoms with Crippen molar-refractivity contribution in [2.24, 2.45) is 11.8 Å². The van der Waals surface area contributed by atoms with Crippen molar-refractivity contribution in [2.75, 3.05) is 13.1 Å². The highest BCUT2D eigenvalue weighted by molar-refractivity contribution is 6.07. The highest BCUT2D eigenvalue weighted by atomic mass is 35.5. The lowest BCUT2D eigenvalue weighted by atomic mass is 9.85. The lowest BCUT2D eigenvalue weighted by Crippen LogP contribution is -2.44. The Balaban J connectivity index is 0.00000264. The zero-order valence-corrected chi connectivity index (χ0v) is 14.9. The van der Waals surface area contributed by atoms with E-state index >= 15 is 0 Å². The number of likely N-dealkylation sites (tertiary alicyclic amines) is 1. The van der Waals surface area contributed by atoms with Crippen LogP contribution in [0.4, 0.5) is 0 Å². The van der Waals surface area contributed by atoms with Crippen molar-refractivity contribution in [3.63, 3.8) is 0 Å².